The number of nitrogens with one attached hydrogen (secondary N) is 3. The lowest BCUT2D eigenvalue weighted by atomic mass is 10.0. The number of nitrogens with zero attached hydrogens (tertiary/aromatic N) is 4. The van der Waals surface area contributed by atoms with Gasteiger partial charge < -0.3 is 20.7 Å². The van der Waals surface area contributed by atoms with Gasteiger partial charge in [0.1, 0.15) is 5.03 Å². The van der Waals surface area contributed by atoms with Crippen LogP contribution in [0.3, 0.4) is 0 Å². The van der Waals surface area contributed by atoms with Crippen LogP contribution in [-0.2, 0) is 10.9 Å². The van der Waals surface area contributed by atoms with Gasteiger partial charge in [-0.25, -0.2) is 9.78 Å². The molecule has 2 aliphatic rings. The lowest BCUT2D eigenvalue weighted by Gasteiger charge is -2.22. The first-order valence-electron chi connectivity index (χ1n) is 10.9. The van der Waals surface area contributed by atoms with E-state index in [4.69, 9.17) is 4.74 Å². The van der Waals surface area contributed by atoms with E-state index in [9.17, 15) is 18.0 Å². The summed E-state index contributed by atoms with van der Waals surface area (Å²) in [5, 5.41) is 17.1. The van der Waals surface area contributed by atoms with Gasteiger partial charge in [0.2, 0.25) is 0 Å². The number of benzene rings is 1. The molecule has 1 fully saturated rings. The van der Waals surface area contributed by atoms with Gasteiger partial charge in [0.15, 0.2) is 0 Å². The van der Waals surface area contributed by atoms with Gasteiger partial charge in [0.25, 0.3) is 0 Å². The molecule has 2 atom stereocenters. The van der Waals surface area contributed by atoms with Gasteiger partial charge in [-0.2, -0.15) is 28.2 Å². The Morgan fingerprint density at radius 1 is 1.26 bits per heavy atom. The Balaban J connectivity index is 1.42. The number of hydrogen-bond donors (Lipinski definition) is 3. The minimum absolute atomic E-state index is 0.0332. The summed E-state index contributed by atoms with van der Waals surface area (Å²) in [6.45, 7) is 2.01. The van der Waals surface area contributed by atoms with Crippen LogP contribution >= 0.6 is 11.8 Å². The molecule has 1 aromatic carbocycles. The predicted octanol–water partition coefficient (Wildman–Crippen LogP) is 5.29. The number of methoxy groups -OCH3 is 1. The fraction of sp³-hybridized carbons (Fsp3) is 0.364. The van der Waals surface area contributed by atoms with Crippen LogP contribution in [0.15, 0.2) is 41.8 Å². The van der Waals surface area contributed by atoms with Crippen molar-refractivity contribution in [2.45, 2.75) is 42.4 Å². The number of halogens is 3. The van der Waals surface area contributed by atoms with Gasteiger partial charge in [-0.05, 0) is 43.9 Å². The average molecular weight is 506 g/mol. The molecule has 3 N–H and O–H groups in total. The number of anilines is 3. The summed E-state index contributed by atoms with van der Waals surface area (Å²) in [5.41, 5.74) is 0.792. The van der Waals surface area contributed by atoms with Crippen molar-refractivity contribution in [2.24, 2.45) is 5.92 Å². The maximum atomic E-state index is 13.7. The van der Waals surface area contributed by atoms with Crippen molar-refractivity contribution in [1.82, 2.24) is 20.0 Å². The van der Waals surface area contributed by atoms with Gasteiger partial charge in [0, 0.05) is 18.4 Å². The number of thioether (sulfide) groups is 1. The number of carbonyl (C=O) groups is 1. The largest absolute Gasteiger partial charge is 0.418 e. The Bertz CT molecular complexity index is 1250. The van der Waals surface area contributed by atoms with Crippen molar-refractivity contribution >= 4 is 34.9 Å². The van der Waals surface area contributed by atoms with Crippen LogP contribution in [0, 0.1) is 5.92 Å². The molecule has 2 unspecified atom stereocenters. The average Bonchev–Trinajstić information content (AvgIpc) is 3.34. The van der Waals surface area contributed by atoms with Crippen molar-refractivity contribution in [3.8, 4) is 5.69 Å². The van der Waals surface area contributed by atoms with Crippen LogP contribution in [0.2, 0.25) is 0 Å². The van der Waals surface area contributed by atoms with Crippen molar-refractivity contribution in [3.63, 3.8) is 0 Å². The van der Waals surface area contributed by atoms with Crippen molar-refractivity contribution in [2.75, 3.05) is 23.1 Å². The number of hydrogen-bond acceptors (Lipinski definition) is 7. The number of ether oxygens (including phenoxy) is 1. The molecular weight excluding hydrogens is 483 g/mol. The zero-order chi connectivity index (χ0) is 24.7. The highest BCUT2D eigenvalue weighted by molar-refractivity contribution is 8.00. The molecule has 35 heavy (non-hydrogen) atoms. The van der Waals surface area contributed by atoms with Crippen LogP contribution in [-0.4, -0.2) is 38.5 Å². The van der Waals surface area contributed by atoms with Crippen molar-refractivity contribution in [1.29, 1.82) is 0 Å². The molecule has 2 aromatic heterocycles. The number of urea groups is 1. The molecule has 184 valence electrons. The fourth-order valence-electron chi connectivity index (χ4n) is 4.12. The molecule has 1 aliphatic heterocycles. The van der Waals surface area contributed by atoms with E-state index in [1.54, 1.807) is 25.1 Å². The second-order valence-electron chi connectivity index (χ2n) is 8.29. The molecule has 3 aromatic rings. The Labute approximate surface area is 202 Å². The van der Waals surface area contributed by atoms with E-state index in [0.717, 1.165) is 40.0 Å². The fourth-order valence-corrected chi connectivity index (χ4v) is 5.03. The van der Waals surface area contributed by atoms with E-state index in [0.29, 0.717) is 11.6 Å². The summed E-state index contributed by atoms with van der Waals surface area (Å²) in [4.78, 5) is 18.2. The normalized spacial score (nSPS) is 18.0. The number of fused-ring (bicyclic) bond motifs is 1. The number of carbonyl (C=O) groups excluding carboxylic acids is 1. The van der Waals surface area contributed by atoms with Crippen LogP contribution in [0.4, 0.5) is 35.0 Å². The summed E-state index contributed by atoms with van der Waals surface area (Å²) in [6, 6.07) is 2.71. The highest BCUT2D eigenvalue weighted by Crippen LogP contribution is 2.51. The summed E-state index contributed by atoms with van der Waals surface area (Å²) in [5.74, 6) is 0.329. The van der Waals surface area contributed by atoms with Crippen LogP contribution in [0.25, 0.3) is 5.69 Å². The number of rotatable bonds is 6. The first-order chi connectivity index (χ1) is 16.7. The highest BCUT2D eigenvalue weighted by Gasteiger charge is 2.38. The lowest BCUT2D eigenvalue weighted by Crippen LogP contribution is -2.23. The Morgan fingerprint density at radius 2 is 2.00 bits per heavy atom. The van der Waals surface area contributed by atoms with E-state index in [-0.39, 0.29) is 22.9 Å². The third-order valence-electron chi connectivity index (χ3n) is 5.75. The molecule has 0 bridgehead atoms. The standard InChI is InChI=1S/C22H22F3N7O2S/c1-11-29-18-17(19(34-2)12-3-4-12)15(10-26-20(18)35-11)31-21(33)30-13-5-6-16(32-27-7-8-28-32)14(9-13)22(23,24)25/h5-12,19,29H,3-4H2,1-2H3,(H2,30,31,33). The van der Waals surface area contributed by atoms with Crippen LogP contribution < -0.4 is 16.0 Å². The SMILES string of the molecule is COC(c1c(NC(=O)Nc2ccc(-n3nccn3)c(C(F)(F)F)c2)cnc2c1NC(C)S2)C1CC1. The van der Waals surface area contributed by atoms with Gasteiger partial charge in [-0.3, -0.25) is 0 Å². The van der Waals surface area contributed by atoms with E-state index in [1.807, 2.05) is 6.92 Å². The minimum Gasteiger partial charge on any atom is -0.376 e. The number of pyridine rings is 1. The zero-order valence-corrected chi connectivity index (χ0v) is 19.6. The van der Waals surface area contributed by atoms with E-state index >= 15 is 0 Å². The summed E-state index contributed by atoms with van der Waals surface area (Å²) in [6.07, 6.45) is 1.24. The minimum atomic E-state index is -4.68. The second-order valence-corrected chi connectivity index (χ2v) is 9.62. The molecule has 0 radical (unpaired) electrons. The number of amides is 2. The third kappa shape index (κ3) is 4.78. The number of aromatic nitrogens is 4. The first kappa shape index (κ1) is 23.4. The molecule has 13 heteroatoms. The molecule has 0 spiro atoms. The molecule has 1 saturated carbocycles. The zero-order valence-electron chi connectivity index (χ0n) is 18.8. The Kier molecular flexibility index (Phi) is 6.05. The van der Waals surface area contributed by atoms with Crippen LogP contribution in [0.5, 0.6) is 0 Å². The Hall–Kier alpha value is -3.32. The van der Waals surface area contributed by atoms with E-state index in [1.165, 1.54) is 24.5 Å². The topological polar surface area (TPSA) is 106 Å². The van der Waals surface area contributed by atoms with Gasteiger partial charge >= 0.3 is 12.2 Å². The molecule has 1 aliphatic carbocycles. The van der Waals surface area contributed by atoms with Crippen molar-refractivity contribution < 1.29 is 22.7 Å². The molecular formula is C22H22F3N7O2S. The van der Waals surface area contributed by atoms with Gasteiger partial charge in [-0.1, -0.05) is 11.8 Å². The van der Waals surface area contributed by atoms with Crippen molar-refractivity contribution in [3.05, 3.63) is 47.9 Å². The predicted molar refractivity (Wildman–Crippen MR) is 125 cm³/mol. The van der Waals surface area contributed by atoms with Crippen LogP contribution in [0.1, 0.15) is 37.0 Å². The molecule has 0 saturated heterocycles. The summed E-state index contributed by atoms with van der Waals surface area (Å²) in [7, 11) is 1.62. The van der Waals surface area contributed by atoms with E-state index in [2.05, 4.69) is 31.1 Å². The van der Waals surface area contributed by atoms with Gasteiger partial charge in [0.05, 0.1) is 52.7 Å². The molecule has 9 nitrogen and oxygen atoms in total. The van der Waals surface area contributed by atoms with E-state index < -0.39 is 17.8 Å². The molecule has 3 heterocycles. The third-order valence-corrected chi connectivity index (χ3v) is 6.76. The molecule has 5 rings (SSSR count). The molecule has 2 amide bonds. The quantitative estimate of drug-likeness (QED) is 0.418. The Morgan fingerprint density at radius 3 is 2.66 bits per heavy atom. The maximum Gasteiger partial charge on any atom is 0.418 e. The maximum absolute atomic E-state index is 13.7. The highest BCUT2D eigenvalue weighted by atomic mass is 32.2. The first-order valence-corrected chi connectivity index (χ1v) is 11.8. The summed E-state index contributed by atoms with van der Waals surface area (Å²) >= 11 is 1.57. The van der Waals surface area contributed by atoms with Gasteiger partial charge in [-0.15, -0.1) is 0 Å². The lowest BCUT2D eigenvalue weighted by molar-refractivity contribution is -0.137. The monoisotopic (exact) mass is 505 g/mol. The smallest absolute Gasteiger partial charge is 0.376 e. The number of alkyl halides is 3. The summed E-state index contributed by atoms with van der Waals surface area (Å²) < 4.78 is 46.9. The second kappa shape index (κ2) is 9.04.